The van der Waals surface area contributed by atoms with E-state index in [1.165, 1.54) is 12.0 Å². The molecule has 4 heterocycles. The van der Waals surface area contributed by atoms with Crippen LogP contribution >= 0.6 is 0 Å². The van der Waals surface area contributed by atoms with Crippen molar-refractivity contribution >= 4 is 11.6 Å². The number of nitrogens with zero attached hydrogens (tertiary/aromatic N) is 2. The van der Waals surface area contributed by atoms with Gasteiger partial charge in [0.1, 0.15) is 5.66 Å². The average Bonchev–Trinajstić information content (AvgIpc) is 3.12. The van der Waals surface area contributed by atoms with E-state index in [1.54, 1.807) is 14.2 Å². The molecule has 2 bridgehead atoms. The third-order valence-electron chi connectivity index (χ3n) is 7.82. The molecule has 1 unspecified atom stereocenters. The molecule has 4 aliphatic heterocycles. The predicted molar refractivity (Wildman–Crippen MR) is 97.6 cm³/mol. The lowest BCUT2D eigenvalue weighted by Crippen LogP contribution is -2.72. The summed E-state index contributed by atoms with van der Waals surface area (Å²) in [6.07, 6.45) is 8.79. The highest BCUT2D eigenvalue weighted by Crippen LogP contribution is 2.71. The van der Waals surface area contributed by atoms with Crippen LogP contribution in [0.2, 0.25) is 0 Å². The second kappa shape index (κ2) is 4.63. The Labute approximate surface area is 153 Å². The molecule has 3 fully saturated rings. The lowest BCUT2D eigenvalue weighted by Gasteiger charge is -2.63. The van der Waals surface area contributed by atoms with Gasteiger partial charge in [-0.2, -0.15) is 0 Å². The van der Waals surface area contributed by atoms with Crippen molar-refractivity contribution in [3.8, 4) is 11.5 Å². The van der Waals surface area contributed by atoms with Gasteiger partial charge in [-0.3, -0.25) is 14.6 Å². The summed E-state index contributed by atoms with van der Waals surface area (Å²) in [7, 11) is 3.35. The third-order valence-corrected chi connectivity index (χ3v) is 7.82. The van der Waals surface area contributed by atoms with E-state index in [4.69, 9.17) is 9.47 Å². The second-order valence-electron chi connectivity index (χ2n) is 8.44. The van der Waals surface area contributed by atoms with Crippen molar-refractivity contribution in [2.75, 3.05) is 32.2 Å². The summed E-state index contributed by atoms with van der Waals surface area (Å²) in [6.45, 7) is 2.02. The van der Waals surface area contributed by atoms with E-state index in [-0.39, 0.29) is 17.0 Å². The zero-order valence-corrected chi connectivity index (χ0v) is 15.3. The molecular formula is C21H24N2O3. The number of fused-ring (bicyclic) bond motifs is 3. The maximum atomic E-state index is 13.3. The Balaban J connectivity index is 1.67. The molecule has 0 radical (unpaired) electrons. The van der Waals surface area contributed by atoms with Gasteiger partial charge >= 0.3 is 0 Å². The van der Waals surface area contributed by atoms with Crippen molar-refractivity contribution in [1.29, 1.82) is 0 Å². The number of carbonyl (C=O) groups is 1. The molecule has 0 N–H and O–H groups in total. The highest BCUT2D eigenvalue weighted by molar-refractivity contribution is 6.01. The lowest BCUT2D eigenvalue weighted by molar-refractivity contribution is -0.119. The summed E-state index contributed by atoms with van der Waals surface area (Å²) in [5.74, 6) is 2.75. The van der Waals surface area contributed by atoms with Crippen LogP contribution in [0, 0.1) is 11.3 Å². The molecule has 1 aromatic carbocycles. The van der Waals surface area contributed by atoms with Gasteiger partial charge < -0.3 is 9.47 Å². The fourth-order valence-corrected chi connectivity index (χ4v) is 7.12. The first-order valence-corrected chi connectivity index (χ1v) is 9.68. The number of benzene rings is 1. The van der Waals surface area contributed by atoms with Gasteiger partial charge in [0.05, 0.1) is 19.9 Å². The highest BCUT2D eigenvalue weighted by atomic mass is 16.5. The van der Waals surface area contributed by atoms with Crippen LogP contribution in [0.1, 0.15) is 37.2 Å². The largest absolute Gasteiger partial charge is 0.493 e. The van der Waals surface area contributed by atoms with Crippen LogP contribution in [0.15, 0.2) is 24.3 Å². The van der Waals surface area contributed by atoms with Crippen LogP contribution in [-0.2, 0) is 4.79 Å². The standard InChI is InChI=1S/C21H24N2O3/c1-25-17-10-14-13-5-9-22-8-3-6-20-7-4-15(13)21(20,22)23(19(24)12-20)16(14)11-18(17)26-2/h3,6,10-11,13,15H,4-5,7-9,12H2,1-2H3/t13-,15+,20-,21?/m1/s1. The summed E-state index contributed by atoms with van der Waals surface area (Å²) in [5, 5.41) is 0. The van der Waals surface area contributed by atoms with Crippen molar-refractivity contribution in [3.05, 3.63) is 29.8 Å². The number of ether oxygens (including phenoxy) is 2. The zero-order valence-electron chi connectivity index (χ0n) is 15.3. The topological polar surface area (TPSA) is 42.0 Å². The minimum Gasteiger partial charge on any atom is -0.493 e. The molecule has 5 heteroatoms. The van der Waals surface area contributed by atoms with Gasteiger partial charge in [-0.15, -0.1) is 0 Å². The molecule has 4 atom stereocenters. The van der Waals surface area contributed by atoms with E-state index in [9.17, 15) is 4.79 Å². The number of hydrogen-bond donors (Lipinski definition) is 0. The Morgan fingerprint density at radius 2 is 1.96 bits per heavy atom. The molecule has 2 saturated heterocycles. The van der Waals surface area contributed by atoms with Crippen molar-refractivity contribution < 1.29 is 14.3 Å². The Bertz CT molecular complexity index is 865. The normalized spacial score (nSPS) is 39.0. The number of methoxy groups -OCH3 is 2. The van der Waals surface area contributed by atoms with Crippen LogP contribution in [0.4, 0.5) is 5.69 Å². The Hall–Kier alpha value is -2.01. The monoisotopic (exact) mass is 352 g/mol. The summed E-state index contributed by atoms with van der Waals surface area (Å²) >= 11 is 0. The smallest absolute Gasteiger partial charge is 0.229 e. The number of hydrogen-bond acceptors (Lipinski definition) is 4. The van der Waals surface area contributed by atoms with Gasteiger partial charge in [0.15, 0.2) is 11.5 Å². The second-order valence-corrected chi connectivity index (χ2v) is 8.44. The maximum Gasteiger partial charge on any atom is 0.229 e. The number of rotatable bonds is 2. The zero-order chi connectivity index (χ0) is 17.7. The number of anilines is 1. The van der Waals surface area contributed by atoms with Crippen LogP contribution in [0.5, 0.6) is 11.5 Å². The Kier molecular flexibility index (Phi) is 2.69. The maximum absolute atomic E-state index is 13.3. The quantitative estimate of drug-likeness (QED) is 0.768. The molecule has 1 amide bonds. The van der Waals surface area contributed by atoms with Crippen LogP contribution in [0.25, 0.3) is 0 Å². The van der Waals surface area contributed by atoms with E-state index in [1.807, 2.05) is 6.07 Å². The van der Waals surface area contributed by atoms with Crippen molar-refractivity contribution in [1.82, 2.24) is 4.90 Å². The molecule has 0 aromatic heterocycles. The third kappa shape index (κ3) is 1.37. The van der Waals surface area contributed by atoms with Gasteiger partial charge in [-0.1, -0.05) is 12.2 Å². The molecule has 26 heavy (non-hydrogen) atoms. The molecule has 1 saturated carbocycles. The van der Waals surface area contributed by atoms with Gasteiger partial charge in [0, 0.05) is 36.9 Å². The summed E-state index contributed by atoms with van der Waals surface area (Å²) in [5.41, 5.74) is 2.15. The summed E-state index contributed by atoms with van der Waals surface area (Å²) < 4.78 is 11.2. The Morgan fingerprint density at radius 1 is 1.15 bits per heavy atom. The number of piperidine rings is 1. The molecule has 1 aliphatic carbocycles. The van der Waals surface area contributed by atoms with E-state index < -0.39 is 0 Å². The van der Waals surface area contributed by atoms with E-state index in [2.05, 4.69) is 28.0 Å². The van der Waals surface area contributed by atoms with Gasteiger partial charge in [-0.05, 0) is 36.8 Å². The van der Waals surface area contributed by atoms with Crippen LogP contribution in [0.3, 0.4) is 0 Å². The molecule has 6 rings (SSSR count). The first kappa shape index (κ1) is 15.1. The van der Waals surface area contributed by atoms with Gasteiger partial charge in [-0.25, -0.2) is 0 Å². The van der Waals surface area contributed by atoms with Crippen LogP contribution < -0.4 is 14.4 Å². The fourth-order valence-electron chi connectivity index (χ4n) is 7.12. The summed E-state index contributed by atoms with van der Waals surface area (Å²) in [6, 6.07) is 4.17. The Morgan fingerprint density at radius 3 is 2.77 bits per heavy atom. The molecule has 1 aromatic rings. The average molecular weight is 352 g/mol. The SMILES string of the molecule is COc1cc2c(cc1OC)N1C(=O)C[C@@]34C=CCN5CC[C@H]2[C@H](CC3)C514. The molecule has 5 nitrogen and oxygen atoms in total. The van der Waals surface area contributed by atoms with Gasteiger partial charge in [0.25, 0.3) is 0 Å². The number of carbonyl (C=O) groups excluding carboxylic acids is 1. The molecule has 136 valence electrons. The van der Waals surface area contributed by atoms with Crippen LogP contribution in [-0.4, -0.2) is 43.8 Å². The summed E-state index contributed by atoms with van der Waals surface area (Å²) in [4.78, 5) is 18.1. The molecule has 5 aliphatic rings. The van der Waals surface area contributed by atoms with E-state index >= 15 is 0 Å². The first-order valence-electron chi connectivity index (χ1n) is 9.68. The minimum atomic E-state index is -0.158. The fraction of sp³-hybridized carbons (Fsp3) is 0.571. The predicted octanol–water partition coefficient (Wildman–Crippen LogP) is 2.91. The molecular weight excluding hydrogens is 328 g/mol. The number of amides is 1. The van der Waals surface area contributed by atoms with Crippen molar-refractivity contribution in [2.45, 2.75) is 37.3 Å². The van der Waals surface area contributed by atoms with E-state index in [0.717, 1.165) is 37.4 Å². The molecule has 1 spiro atoms. The van der Waals surface area contributed by atoms with Crippen molar-refractivity contribution in [2.24, 2.45) is 11.3 Å². The van der Waals surface area contributed by atoms with Crippen molar-refractivity contribution in [3.63, 3.8) is 0 Å². The van der Waals surface area contributed by atoms with Gasteiger partial charge in [0.2, 0.25) is 5.91 Å². The minimum absolute atomic E-state index is 0.0173. The lowest BCUT2D eigenvalue weighted by atomic mass is 9.63. The van der Waals surface area contributed by atoms with E-state index in [0.29, 0.717) is 24.0 Å². The highest BCUT2D eigenvalue weighted by Gasteiger charge is 2.75. The first-order chi connectivity index (χ1) is 12.7.